The van der Waals surface area contributed by atoms with Crippen molar-refractivity contribution < 1.29 is 23.9 Å². The molecule has 2 heterocycles. The van der Waals surface area contributed by atoms with E-state index >= 15 is 0 Å². The summed E-state index contributed by atoms with van der Waals surface area (Å²) in [4.78, 5) is 39.6. The number of hydrogen-bond donors (Lipinski definition) is 1. The van der Waals surface area contributed by atoms with Gasteiger partial charge in [-0.3, -0.25) is 9.59 Å². The topological polar surface area (TPSA) is 81.7 Å². The van der Waals surface area contributed by atoms with Gasteiger partial charge in [0.1, 0.15) is 11.9 Å². The molecular weight excluding hydrogens is 462 g/mol. The highest BCUT2D eigenvalue weighted by Crippen LogP contribution is 2.46. The summed E-state index contributed by atoms with van der Waals surface area (Å²) in [7, 11) is 0. The Morgan fingerprint density at radius 3 is 2.46 bits per heavy atom. The molecule has 3 aliphatic rings. The lowest BCUT2D eigenvalue weighted by Gasteiger charge is -2.36. The van der Waals surface area contributed by atoms with Crippen molar-refractivity contribution in [1.29, 1.82) is 0 Å². The van der Waals surface area contributed by atoms with Gasteiger partial charge < -0.3 is 14.8 Å². The molecule has 182 valence electrons. The molecule has 0 unspecified atom stereocenters. The molecule has 1 fully saturated rings. The van der Waals surface area contributed by atoms with Gasteiger partial charge in [-0.05, 0) is 68.2 Å². The van der Waals surface area contributed by atoms with Gasteiger partial charge in [0.2, 0.25) is 0 Å². The number of carbonyl (C=O) groups is 3. The first-order valence-electron chi connectivity index (χ1n) is 12.2. The summed E-state index contributed by atoms with van der Waals surface area (Å²) in [6, 6.07) is 11.2. The van der Waals surface area contributed by atoms with E-state index in [1.54, 1.807) is 23.5 Å². The first-order chi connectivity index (χ1) is 16.9. The Bertz CT molecular complexity index is 1200. The average molecular weight is 492 g/mol. The van der Waals surface area contributed by atoms with Crippen LogP contribution in [0, 0.1) is 0 Å². The highest BCUT2D eigenvalue weighted by atomic mass is 32.1. The standard InChI is InChI=1S/C28H29NO5S/c1-16-25(28(32)34-20-6-3-4-7-20)26(18-9-11-21(12-10-18)33-17(2)30)27-22(29-16)14-19(15-23(27)31)24-8-5-13-35-24/h5,8-13,19-20,26,29H,3-4,6-7,14-15H2,1-2H3/t19-,26+/m0/s1. The van der Waals surface area contributed by atoms with Gasteiger partial charge in [0.25, 0.3) is 0 Å². The number of thiophene rings is 1. The molecule has 1 saturated carbocycles. The molecule has 2 atom stereocenters. The minimum Gasteiger partial charge on any atom is -0.459 e. The van der Waals surface area contributed by atoms with Crippen LogP contribution in [0.3, 0.4) is 0 Å². The summed E-state index contributed by atoms with van der Waals surface area (Å²) in [5, 5.41) is 5.44. The van der Waals surface area contributed by atoms with Gasteiger partial charge in [-0.25, -0.2) is 4.79 Å². The summed E-state index contributed by atoms with van der Waals surface area (Å²) < 4.78 is 11.1. The highest BCUT2D eigenvalue weighted by Gasteiger charge is 2.42. The second kappa shape index (κ2) is 9.82. The van der Waals surface area contributed by atoms with E-state index in [4.69, 9.17) is 9.47 Å². The van der Waals surface area contributed by atoms with E-state index in [-0.39, 0.29) is 23.8 Å². The maximum Gasteiger partial charge on any atom is 0.337 e. The Kier molecular flexibility index (Phi) is 6.60. The molecule has 0 radical (unpaired) electrons. The Morgan fingerprint density at radius 1 is 1.06 bits per heavy atom. The summed E-state index contributed by atoms with van der Waals surface area (Å²) >= 11 is 1.67. The summed E-state index contributed by atoms with van der Waals surface area (Å²) in [6.45, 7) is 3.24. The Labute approximate surface area is 209 Å². The highest BCUT2D eigenvalue weighted by molar-refractivity contribution is 7.10. The molecule has 0 amide bonds. The van der Waals surface area contributed by atoms with E-state index < -0.39 is 11.9 Å². The first-order valence-corrected chi connectivity index (χ1v) is 13.1. The largest absolute Gasteiger partial charge is 0.459 e. The average Bonchev–Trinajstić information content (AvgIpc) is 3.53. The van der Waals surface area contributed by atoms with E-state index in [0.29, 0.717) is 29.7 Å². The lowest BCUT2D eigenvalue weighted by atomic mass is 9.72. The van der Waals surface area contributed by atoms with Crippen LogP contribution in [0.2, 0.25) is 0 Å². The van der Waals surface area contributed by atoms with Crippen LogP contribution >= 0.6 is 11.3 Å². The fraction of sp³-hybridized carbons (Fsp3) is 0.393. The number of nitrogens with one attached hydrogen (secondary N) is 1. The summed E-state index contributed by atoms with van der Waals surface area (Å²) in [6.07, 6.45) is 4.93. The molecule has 1 N–H and O–H groups in total. The normalized spacial score (nSPS) is 22.6. The predicted molar refractivity (Wildman–Crippen MR) is 133 cm³/mol. The molecule has 35 heavy (non-hydrogen) atoms. The number of dihydropyridines is 1. The third-order valence-electron chi connectivity index (χ3n) is 7.04. The minimum atomic E-state index is -0.525. The molecule has 1 aliphatic heterocycles. The van der Waals surface area contributed by atoms with E-state index in [2.05, 4.69) is 11.4 Å². The van der Waals surface area contributed by atoms with Crippen molar-refractivity contribution in [3.05, 3.63) is 74.8 Å². The number of benzene rings is 1. The third-order valence-corrected chi connectivity index (χ3v) is 8.08. The smallest absolute Gasteiger partial charge is 0.337 e. The minimum absolute atomic E-state index is 0.0462. The van der Waals surface area contributed by atoms with Crippen LogP contribution in [-0.2, 0) is 19.1 Å². The third kappa shape index (κ3) is 4.82. The number of carbonyl (C=O) groups excluding carboxylic acids is 3. The Morgan fingerprint density at radius 2 is 1.80 bits per heavy atom. The van der Waals surface area contributed by atoms with E-state index in [0.717, 1.165) is 42.6 Å². The number of Topliss-reactive ketones (excluding diaryl/α,β-unsaturated/α-hetero) is 1. The molecule has 0 spiro atoms. The van der Waals surface area contributed by atoms with Gasteiger partial charge in [-0.1, -0.05) is 18.2 Å². The number of esters is 2. The Balaban J connectivity index is 1.53. The lowest BCUT2D eigenvalue weighted by molar-refractivity contribution is -0.144. The quantitative estimate of drug-likeness (QED) is 0.438. The van der Waals surface area contributed by atoms with Gasteiger partial charge >= 0.3 is 11.9 Å². The number of rotatable bonds is 5. The molecule has 1 aromatic heterocycles. The molecule has 7 heteroatoms. The fourth-order valence-electron chi connectivity index (χ4n) is 5.48. The van der Waals surface area contributed by atoms with Crippen molar-refractivity contribution in [3.8, 4) is 5.75 Å². The van der Waals surface area contributed by atoms with Gasteiger partial charge in [0.05, 0.1) is 5.57 Å². The lowest BCUT2D eigenvalue weighted by Crippen LogP contribution is -2.36. The SMILES string of the molecule is CC(=O)Oc1ccc([C@@H]2C(C(=O)OC3CCCC3)=C(C)NC3=C2C(=O)C[C@@H](c2cccs2)C3)cc1. The van der Waals surface area contributed by atoms with E-state index in [9.17, 15) is 14.4 Å². The fourth-order valence-corrected chi connectivity index (χ4v) is 6.31. The van der Waals surface area contributed by atoms with Gasteiger partial charge in [-0.15, -0.1) is 11.3 Å². The zero-order valence-electron chi connectivity index (χ0n) is 20.0. The molecule has 5 rings (SSSR count). The van der Waals surface area contributed by atoms with Gasteiger partial charge in [0, 0.05) is 47.0 Å². The van der Waals surface area contributed by atoms with Crippen molar-refractivity contribution in [3.63, 3.8) is 0 Å². The van der Waals surface area contributed by atoms with Crippen molar-refractivity contribution >= 4 is 29.1 Å². The van der Waals surface area contributed by atoms with Crippen LogP contribution in [0.1, 0.15) is 74.6 Å². The van der Waals surface area contributed by atoms with Gasteiger partial charge in [-0.2, -0.15) is 0 Å². The molecule has 0 saturated heterocycles. The molecule has 2 aliphatic carbocycles. The second-order valence-corrected chi connectivity index (χ2v) is 10.5. The van der Waals surface area contributed by atoms with Crippen LogP contribution in [0.25, 0.3) is 0 Å². The predicted octanol–water partition coefficient (Wildman–Crippen LogP) is 5.52. The molecular formula is C28H29NO5S. The Hall–Kier alpha value is -3.19. The molecule has 0 bridgehead atoms. The zero-order chi connectivity index (χ0) is 24.5. The summed E-state index contributed by atoms with van der Waals surface area (Å²) in [5.41, 5.74) is 3.53. The van der Waals surface area contributed by atoms with Crippen LogP contribution in [-0.4, -0.2) is 23.8 Å². The number of ether oxygens (including phenoxy) is 2. The maximum absolute atomic E-state index is 13.6. The van der Waals surface area contributed by atoms with Gasteiger partial charge in [0.15, 0.2) is 5.78 Å². The van der Waals surface area contributed by atoms with E-state index in [1.165, 1.54) is 11.8 Å². The van der Waals surface area contributed by atoms with Crippen LogP contribution in [0.15, 0.2) is 64.3 Å². The van der Waals surface area contributed by atoms with Crippen molar-refractivity contribution in [2.75, 3.05) is 0 Å². The number of hydrogen-bond acceptors (Lipinski definition) is 7. The number of ketones is 1. The van der Waals surface area contributed by atoms with Crippen molar-refractivity contribution in [2.24, 2.45) is 0 Å². The van der Waals surface area contributed by atoms with E-state index in [1.807, 2.05) is 30.5 Å². The number of allylic oxidation sites excluding steroid dienone is 3. The second-order valence-electron chi connectivity index (χ2n) is 9.51. The first kappa shape index (κ1) is 23.5. The van der Waals surface area contributed by atoms with Crippen molar-refractivity contribution in [1.82, 2.24) is 5.32 Å². The van der Waals surface area contributed by atoms with Crippen LogP contribution in [0.4, 0.5) is 0 Å². The van der Waals surface area contributed by atoms with Crippen LogP contribution in [0.5, 0.6) is 5.75 Å². The summed E-state index contributed by atoms with van der Waals surface area (Å²) in [5.74, 6) is -0.694. The molecule has 1 aromatic carbocycles. The maximum atomic E-state index is 13.6. The zero-order valence-corrected chi connectivity index (χ0v) is 20.8. The van der Waals surface area contributed by atoms with Crippen molar-refractivity contribution in [2.45, 2.75) is 70.3 Å². The molecule has 6 nitrogen and oxygen atoms in total. The molecule has 2 aromatic rings. The monoisotopic (exact) mass is 491 g/mol. The van der Waals surface area contributed by atoms with Crippen LogP contribution < -0.4 is 10.1 Å².